The van der Waals surface area contributed by atoms with Crippen molar-refractivity contribution in [2.45, 2.75) is 62.8 Å². The van der Waals surface area contributed by atoms with E-state index in [2.05, 4.69) is 37.9 Å². The minimum atomic E-state index is 0.169. The molecule has 0 aromatic carbocycles. The summed E-state index contributed by atoms with van der Waals surface area (Å²) in [5, 5.41) is 1.05. The summed E-state index contributed by atoms with van der Waals surface area (Å²) in [6.07, 6.45) is 5.29. The van der Waals surface area contributed by atoms with Crippen molar-refractivity contribution in [2.24, 2.45) is 0 Å². The first-order valence-electron chi connectivity index (χ1n) is 7.29. The third-order valence-corrected chi connectivity index (χ3v) is 4.53. The van der Waals surface area contributed by atoms with Gasteiger partial charge in [-0.15, -0.1) is 11.8 Å². The second kappa shape index (κ2) is 6.17. The maximum absolute atomic E-state index is 11.7. The molecule has 1 aliphatic heterocycles. The van der Waals surface area contributed by atoms with Crippen LogP contribution in [0, 0.1) is 0 Å². The van der Waals surface area contributed by atoms with Crippen LogP contribution in [0.3, 0.4) is 0 Å². The molecule has 1 aliphatic rings. The molecule has 1 fully saturated rings. The van der Waals surface area contributed by atoms with E-state index in [0.717, 1.165) is 30.0 Å². The van der Waals surface area contributed by atoms with Gasteiger partial charge in [-0.3, -0.25) is 4.79 Å². The van der Waals surface area contributed by atoms with Gasteiger partial charge in [-0.25, -0.2) is 4.98 Å². The Kier molecular flexibility index (Phi) is 4.74. The van der Waals surface area contributed by atoms with Gasteiger partial charge in [-0.1, -0.05) is 26.8 Å². The molecule has 20 heavy (non-hydrogen) atoms. The average molecular weight is 292 g/mol. The minimum absolute atomic E-state index is 0.169. The molecular weight excluding hydrogens is 268 g/mol. The number of aromatic nitrogens is 1. The predicted octanol–water partition coefficient (Wildman–Crippen LogP) is 4.05. The van der Waals surface area contributed by atoms with Crippen LogP contribution in [0.5, 0.6) is 0 Å². The Labute approximate surface area is 126 Å². The molecule has 2 rings (SSSR count). The van der Waals surface area contributed by atoms with Crippen molar-refractivity contribution in [3.05, 3.63) is 23.9 Å². The van der Waals surface area contributed by atoms with Crippen molar-refractivity contribution in [1.29, 1.82) is 0 Å². The summed E-state index contributed by atoms with van der Waals surface area (Å²) >= 11 is 1.77. The monoisotopic (exact) mass is 292 g/mol. The molecule has 0 radical (unpaired) electrons. The van der Waals surface area contributed by atoms with Crippen LogP contribution in [0.15, 0.2) is 23.4 Å². The van der Waals surface area contributed by atoms with Crippen LogP contribution in [0.4, 0.5) is 0 Å². The van der Waals surface area contributed by atoms with Crippen LogP contribution >= 0.6 is 11.8 Å². The van der Waals surface area contributed by atoms with Crippen molar-refractivity contribution in [1.82, 2.24) is 9.88 Å². The van der Waals surface area contributed by atoms with Gasteiger partial charge in [0.25, 0.3) is 0 Å². The molecule has 1 aromatic rings. The number of carbonyl (C=O) groups excluding carboxylic acids is 1. The number of likely N-dealkylation sites (tertiary alicyclic amines) is 1. The van der Waals surface area contributed by atoms with Crippen LogP contribution in [0.1, 0.15) is 58.6 Å². The fraction of sp³-hybridized carbons (Fsp3) is 0.625. The molecular formula is C16H24N2OS. The minimum Gasteiger partial charge on any atom is -0.336 e. The van der Waals surface area contributed by atoms with Crippen LogP contribution in [-0.4, -0.2) is 27.1 Å². The Morgan fingerprint density at radius 2 is 2.10 bits per heavy atom. The zero-order valence-corrected chi connectivity index (χ0v) is 13.7. The van der Waals surface area contributed by atoms with E-state index in [0.29, 0.717) is 0 Å². The molecule has 0 bridgehead atoms. The average Bonchev–Trinajstić information content (AvgIpc) is 2.38. The summed E-state index contributed by atoms with van der Waals surface area (Å²) in [4.78, 5) is 18.3. The molecule has 2 heterocycles. The second-order valence-electron chi connectivity index (χ2n) is 6.37. The Bertz CT molecular complexity index is 464. The summed E-state index contributed by atoms with van der Waals surface area (Å²) < 4.78 is 0.171. The lowest BCUT2D eigenvalue weighted by molar-refractivity contribution is -0.132. The van der Waals surface area contributed by atoms with E-state index < -0.39 is 0 Å². The Hall–Kier alpha value is -1.03. The zero-order valence-electron chi connectivity index (χ0n) is 12.8. The number of rotatable bonds is 2. The second-order valence-corrected chi connectivity index (χ2v) is 8.22. The van der Waals surface area contributed by atoms with Crippen LogP contribution in [0.25, 0.3) is 0 Å². The Balaban J connectivity index is 2.14. The first-order chi connectivity index (χ1) is 9.37. The largest absolute Gasteiger partial charge is 0.336 e. The maximum atomic E-state index is 11.7. The molecule has 1 aromatic heterocycles. The summed E-state index contributed by atoms with van der Waals surface area (Å²) in [6.45, 7) is 9.09. The topological polar surface area (TPSA) is 33.2 Å². The zero-order chi connectivity index (χ0) is 14.8. The maximum Gasteiger partial charge on any atom is 0.219 e. The van der Waals surface area contributed by atoms with Gasteiger partial charge in [-0.05, 0) is 30.9 Å². The van der Waals surface area contributed by atoms with Gasteiger partial charge < -0.3 is 4.90 Å². The summed E-state index contributed by atoms with van der Waals surface area (Å²) in [6, 6.07) is 4.42. The number of pyridine rings is 1. The molecule has 0 saturated carbocycles. The first-order valence-corrected chi connectivity index (χ1v) is 8.10. The van der Waals surface area contributed by atoms with E-state index in [-0.39, 0.29) is 16.7 Å². The molecule has 3 nitrogen and oxygen atoms in total. The summed E-state index contributed by atoms with van der Waals surface area (Å²) in [5.74, 6) is 0.169. The normalized spacial score (nSPS) is 20.0. The van der Waals surface area contributed by atoms with Gasteiger partial charge in [0.2, 0.25) is 5.91 Å². The lowest BCUT2D eigenvalue weighted by atomic mass is 9.96. The van der Waals surface area contributed by atoms with Crippen molar-refractivity contribution >= 4 is 17.7 Å². The Morgan fingerprint density at radius 3 is 2.65 bits per heavy atom. The van der Waals surface area contributed by atoms with E-state index in [1.54, 1.807) is 18.7 Å². The number of piperidine rings is 1. The van der Waals surface area contributed by atoms with Gasteiger partial charge in [0.1, 0.15) is 0 Å². The third-order valence-electron chi connectivity index (χ3n) is 3.46. The number of amides is 1. The number of thioether (sulfide) groups is 1. The molecule has 0 unspecified atom stereocenters. The van der Waals surface area contributed by atoms with Gasteiger partial charge in [0, 0.05) is 24.4 Å². The van der Waals surface area contributed by atoms with Gasteiger partial charge in [-0.2, -0.15) is 0 Å². The van der Waals surface area contributed by atoms with Gasteiger partial charge >= 0.3 is 0 Å². The van der Waals surface area contributed by atoms with Crippen molar-refractivity contribution in [2.75, 3.05) is 6.54 Å². The third kappa shape index (κ3) is 3.98. The highest BCUT2D eigenvalue weighted by Gasteiger charge is 2.26. The van der Waals surface area contributed by atoms with Crippen molar-refractivity contribution in [3.8, 4) is 0 Å². The van der Waals surface area contributed by atoms with Gasteiger partial charge in [0.05, 0.1) is 11.1 Å². The van der Waals surface area contributed by atoms with E-state index >= 15 is 0 Å². The molecule has 0 aliphatic carbocycles. The fourth-order valence-electron chi connectivity index (χ4n) is 2.62. The number of carbonyl (C=O) groups is 1. The summed E-state index contributed by atoms with van der Waals surface area (Å²) in [7, 11) is 0. The van der Waals surface area contributed by atoms with E-state index in [1.807, 2.05) is 11.1 Å². The highest BCUT2D eigenvalue weighted by atomic mass is 32.2. The molecule has 1 atom stereocenters. The molecule has 110 valence electrons. The van der Waals surface area contributed by atoms with Crippen LogP contribution in [-0.2, 0) is 4.79 Å². The first kappa shape index (κ1) is 15.4. The van der Waals surface area contributed by atoms with E-state index in [1.165, 1.54) is 6.42 Å². The molecule has 1 saturated heterocycles. The number of nitrogens with zero attached hydrogens (tertiary/aromatic N) is 2. The Morgan fingerprint density at radius 1 is 1.35 bits per heavy atom. The molecule has 4 heteroatoms. The van der Waals surface area contributed by atoms with Crippen molar-refractivity contribution in [3.63, 3.8) is 0 Å². The lowest BCUT2D eigenvalue weighted by Crippen LogP contribution is -2.36. The van der Waals surface area contributed by atoms with E-state index in [4.69, 9.17) is 0 Å². The smallest absolute Gasteiger partial charge is 0.219 e. The SMILES string of the molecule is CC(=O)N1CCCC[C@@H]1c1ccc(SC(C)(C)C)nc1. The fourth-order valence-corrected chi connectivity index (χ4v) is 3.49. The molecule has 0 N–H and O–H groups in total. The standard InChI is InChI=1S/C16H24N2OS/c1-12(19)18-10-6-5-7-14(18)13-8-9-15(17-11-13)20-16(2,3)4/h8-9,11,14H,5-7,10H2,1-4H3/t14-/m1/s1. The quantitative estimate of drug-likeness (QED) is 0.771. The van der Waals surface area contributed by atoms with Crippen LogP contribution in [0.2, 0.25) is 0 Å². The van der Waals surface area contributed by atoms with Crippen molar-refractivity contribution < 1.29 is 4.79 Å². The number of hydrogen-bond acceptors (Lipinski definition) is 3. The number of hydrogen-bond donors (Lipinski definition) is 0. The highest BCUT2D eigenvalue weighted by molar-refractivity contribution is 8.00. The highest BCUT2D eigenvalue weighted by Crippen LogP contribution is 2.33. The van der Waals surface area contributed by atoms with E-state index in [9.17, 15) is 4.79 Å². The molecule has 1 amide bonds. The molecule has 0 spiro atoms. The summed E-state index contributed by atoms with van der Waals surface area (Å²) in [5.41, 5.74) is 1.16. The van der Waals surface area contributed by atoms with Crippen LogP contribution < -0.4 is 0 Å². The predicted molar refractivity (Wildman–Crippen MR) is 83.8 cm³/mol. The lowest BCUT2D eigenvalue weighted by Gasteiger charge is -2.35. The van der Waals surface area contributed by atoms with Gasteiger partial charge in [0.15, 0.2) is 0 Å².